The summed E-state index contributed by atoms with van der Waals surface area (Å²) in [5.41, 5.74) is 2.36. The first-order valence-corrected chi connectivity index (χ1v) is 7.71. The fourth-order valence-corrected chi connectivity index (χ4v) is 2.86. The molecule has 1 saturated heterocycles. The van der Waals surface area contributed by atoms with E-state index in [1.165, 1.54) is 18.6 Å². The number of piperidine rings is 1. The lowest BCUT2D eigenvalue weighted by molar-refractivity contribution is 0.0712. The van der Waals surface area contributed by atoms with E-state index in [1.807, 2.05) is 17.9 Å². The van der Waals surface area contributed by atoms with Gasteiger partial charge in [0.25, 0.3) is 5.91 Å². The van der Waals surface area contributed by atoms with Crippen LogP contribution in [0.1, 0.15) is 41.0 Å². The number of rotatable bonds is 3. The van der Waals surface area contributed by atoms with E-state index < -0.39 is 0 Å². The predicted octanol–water partition coefficient (Wildman–Crippen LogP) is 3.01. The molecule has 0 unspecified atom stereocenters. The highest BCUT2D eigenvalue weighted by Crippen LogP contribution is 2.15. The fraction of sp³-hybridized carbons (Fsp3) is 0.412. The molecule has 1 aliphatic rings. The van der Waals surface area contributed by atoms with Crippen LogP contribution in [0.4, 0.5) is 4.39 Å². The van der Waals surface area contributed by atoms with Crippen LogP contribution in [0.5, 0.6) is 0 Å². The summed E-state index contributed by atoms with van der Waals surface area (Å²) >= 11 is 0. The normalized spacial score (nSPS) is 15.1. The van der Waals surface area contributed by atoms with Crippen molar-refractivity contribution in [3.05, 3.63) is 53.1 Å². The molecule has 0 atom stereocenters. The molecule has 1 aromatic heterocycles. The highest BCUT2D eigenvalue weighted by molar-refractivity contribution is 5.92. The molecule has 2 aromatic rings. The van der Waals surface area contributed by atoms with Gasteiger partial charge in [-0.15, -0.1) is 0 Å². The van der Waals surface area contributed by atoms with E-state index in [0.29, 0.717) is 12.2 Å². The molecule has 0 spiro atoms. The van der Waals surface area contributed by atoms with Crippen molar-refractivity contribution in [2.45, 2.75) is 32.7 Å². The second-order valence-electron chi connectivity index (χ2n) is 5.81. The minimum absolute atomic E-state index is 0.0439. The number of carbonyl (C=O) groups is 1. The van der Waals surface area contributed by atoms with Crippen LogP contribution >= 0.6 is 0 Å². The molecule has 0 N–H and O–H groups in total. The van der Waals surface area contributed by atoms with E-state index >= 15 is 0 Å². The molecular formula is C17H20FN3O. The molecule has 0 aliphatic carbocycles. The van der Waals surface area contributed by atoms with Gasteiger partial charge in [0.2, 0.25) is 0 Å². The van der Waals surface area contributed by atoms with Crippen molar-refractivity contribution in [3.63, 3.8) is 0 Å². The summed E-state index contributed by atoms with van der Waals surface area (Å²) in [6.07, 6.45) is 3.32. The van der Waals surface area contributed by atoms with Crippen LogP contribution in [0.3, 0.4) is 0 Å². The highest BCUT2D eigenvalue weighted by Gasteiger charge is 2.22. The molecule has 3 rings (SSSR count). The first kappa shape index (κ1) is 14.8. The molecule has 1 aliphatic heterocycles. The fourth-order valence-electron chi connectivity index (χ4n) is 2.86. The Bertz CT molecular complexity index is 657. The molecule has 22 heavy (non-hydrogen) atoms. The van der Waals surface area contributed by atoms with Crippen LogP contribution in [0, 0.1) is 12.7 Å². The van der Waals surface area contributed by atoms with Gasteiger partial charge in [-0.2, -0.15) is 5.10 Å². The lowest BCUT2D eigenvalue weighted by Gasteiger charge is -2.26. The van der Waals surface area contributed by atoms with Crippen LogP contribution in [-0.2, 0) is 6.54 Å². The molecule has 4 nitrogen and oxygen atoms in total. The number of halogens is 1. The third kappa shape index (κ3) is 3.18. The first-order valence-electron chi connectivity index (χ1n) is 7.71. The maximum absolute atomic E-state index is 13.0. The summed E-state index contributed by atoms with van der Waals surface area (Å²) < 4.78 is 14.7. The first-order chi connectivity index (χ1) is 10.6. The number of likely N-dealkylation sites (tertiary alicyclic amines) is 1. The number of carbonyl (C=O) groups excluding carboxylic acids is 1. The standard InChI is InChI=1S/C17H20FN3O/c1-13-11-16(17(22)20-9-3-2-4-10-20)21(19-13)12-14-5-7-15(18)8-6-14/h5-8,11H,2-4,9-10,12H2,1H3. The number of nitrogens with zero attached hydrogens (tertiary/aromatic N) is 3. The smallest absolute Gasteiger partial charge is 0.272 e. The largest absolute Gasteiger partial charge is 0.337 e. The van der Waals surface area contributed by atoms with E-state index in [-0.39, 0.29) is 11.7 Å². The Morgan fingerprint density at radius 3 is 2.55 bits per heavy atom. The Morgan fingerprint density at radius 1 is 1.18 bits per heavy atom. The third-order valence-corrected chi connectivity index (χ3v) is 4.01. The topological polar surface area (TPSA) is 38.1 Å². The predicted molar refractivity (Wildman–Crippen MR) is 82.2 cm³/mol. The molecule has 2 heterocycles. The van der Waals surface area contributed by atoms with Crippen molar-refractivity contribution < 1.29 is 9.18 Å². The second kappa shape index (κ2) is 6.30. The average molecular weight is 301 g/mol. The molecule has 0 bridgehead atoms. The second-order valence-corrected chi connectivity index (χ2v) is 5.81. The van der Waals surface area contributed by atoms with Gasteiger partial charge in [-0.25, -0.2) is 4.39 Å². The quantitative estimate of drug-likeness (QED) is 0.874. The summed E-state index contributed by atoms with van der Waals surface area (Å²) in [7, 11) is 0. The zero-order valence-corrected chi connectivity index (χ0v) is 12.8. The summed E-state index contributed by atoms with van der Waals surface area (Å²) in [5, 5.41) is 4.42. The van der Waals surface area contributed by atoms with Gasteiger partial charge >= 0.3 is 0 Å². The minimum Gasteiger partial charge on any atom is -0.337 e. The molecule has 5 heteroatoms. The maximum Gasteiger partial charge on any atom is 0.272 e. The van der Waals surface area contributed by atoms with Gasteiger partial charge in [0, 0.05) is 13.1 Å². The van der Waals surface area contributed by atoms with Crippen molar-refractivity contribution in [1.82, 2.24) is 14.7 Å². The van der Waals surface area contributed by atoms with Gasteiger partial charge in [0.05, 0.1) is 12.2 Å². The minimum atomic E-state index is -0.259. The van der Waals surface area contributed by atoms with Crippen LogP contribution in [0.2, 0.25) is 0 Å². The Hall–Kier alpha value is -2.17. The van der Waals surface area contributed by atoms with E-state index in [2.05, 4.69) is 5.10 Å². The van der Waals surface area contributed by atoms with Gasteiger partial charge < -0.3 is 4.90 Å². The molecule has 0 saturated carbocycles. The number of aryl methyl sites for hydroxylation is 1. The van der Waals surface area contributed by atoms with Crippen molar-refractivity contribution in [2.24, 2.45) is 0 Å². The van der Waals surface area contributed by atoms with Crippen molar-refractivity contribution >= 4 is 5.91 Å². The van der Waals surface area contributed by atoms with Crippen LogP contribution in [0.25, 0.3) is 0 Å². The molecule has 1 fully saturated rings. The van der Waals surface area contributed by atoms with Gasteiger partial charge in [0.1, 0.15) is 11.5 Å². The Balaban J connectivity index is 1.82. The zero-order chi connectivity index (χ0) is 15.5. The third-order valence-electron chi connectivity index (χ3n) is 4.01. The molecule has 1 aromatic carbocycles. The molecular weight excluding hydrogens is 281 g/mol. The molecule has 116 valence electrons. The van der Waals surface area contributed by atoms with E-state index in [9.17, 15) is 9.18 Å². The number of amides is 1. The summed E-state index contributed by atoms with van der Waals surface area (Å²) in [6.45, 7) is 4.00. The number of benzene rings is 1. The maximum atomic E-state index is 13.0. The Labute approximate surface area is 129 Å². The van der Waals surface area contributed by atoms with Crippen molar-refractivity contribution in [2.75, 3.05) is 13.1 Å². The SMILES string of the molecule is Cc1cc(C(=O)N2CCCCC2)n(Cc2ccc(F)cc2)n1. The van der Waals surface area contributed by atoms with Gasteiger partial charge in [-0.1, -0.05) is 12.1 Å². The summed E-state index contributed by atoms with van der Waals surface area (Å²) in [6, 6.07) is 8.14. The van der Waals surface area contributed by atoms with Crippen LogP contribution < -0.4 is 0 Å². The van der Waals surface area contributed by atoms with E-state index in [1.54, 1.807) is 16.8 Å². The lowest BCUT2D eigenvalue weighted by atomic mass is 10.1. The Kier molecular flexibility index (Phi) is 4.22. The van der Waals surface area contributed by atoms with Gasteiger partial charge in [-0.05, 0) is 49.9 Å². The molecule has 0 radical (unpaired) electrons. The number of hydrogen-bond acceptors (Lipinski definition) is 2. The van der Waals surface area contributed by atoms with E-state index in [0.717, 1.165) is 37.2 Å². The molecule has 1 amide bonds. The van der Waals surface area contributed by atoms with Crippen LogP contribution in [-0.4, -0.2) is 33.7 Å². The highest BCUT2D eigenvalue weighted by atomic mass is 19.1. The summed E-state index contributed by atoms with van der Waals surface area (Å²) in [5.74, 6) is -0.215. The number of hydrogen-bond donors (Lipinski definition) is 0. The zero-order valence-electron chi connectivity index (χ0n) is 12.8. The van der Waals surface area contributed by atoms with Crippen molar-refractivity contribution in [1.29, 1.82) is 0 Å². The lowest BCUT2D eigenvalue weighted by Crippen LogP contribution is -2.36. The average Bonchev–Trinajstić information content (AvgIpc) is 2.90. The Morgan fingerprint density at radius 2 is 1.86 bits per heavy atom. The monoisotopic (exact) mass is 301 g/mol. The van der Waals surface area contributed by atoms with Gasteiger partial charge in [-0.3, -0.25) is 9.48 Å². The van der Waals surface area contributed by atoms with Crippen molar-refractivity contribution in [3.8, 4) is 0 Å². The number of aromatic nitrogens is 2. The van der Waals surface area contributed by atoms with Gasteiger partial charge in [0.15, 0.2) is 0 Å². The van der Waals surface area contributed by atoms with Crippen LogP contribution in [0.15, 0.2) is 30.3 Å². The summed E-state index contributed by atoms with van der Waals surface area (Å²) in [4.78, 5) is 14.6. The van der Waals surface area contributed by atoms with E-state index in [4.69, 9.17) is 0 Å².